The van der Waals surface area contributed by atoms with Crippen LogP contribution in [0.25, 0.3) is 0 Å². The van der Waals surface area contributed by atoms with Crippen LogP contribution in [0, 0.1) is 11.8 Å². The number of benzene rings is 2. The van der Waals surface area contributed by atoms with Crippen molar-refractivity contribution in [2.75, 3.05) is 11.4 Å². The minimum atomic E-state index is -5.55. The number of para-hydroxylation sites is 1. The number of nitrogens with one attached hydrogen (secondary N) is 1. The summed E-state index contributed by atoms with van der Waals surface area (Å²) in [5.74, 6) is 5.35. The summed E-state index contributed by atoms with van der Waals surface area (Å²) in [6.07, 6.45) is -1.58. The number of fused-ring (bicyclic) bond motifs is 2. The topological polar surface area (TPSA) is 185 Å². The molecule has 1 aliphatic heterocycles. The van der Waals surface area contributed by atoms with Crippen molar-refractivity contribution in [2.24, 2.45) is 0 Å². The fourth-order valence-electron chi connectivity index (χ4n) is 3.67. The number of hydrogen-bond donors (Lipinski definition) is 6. The summed E-state index contributed by atoms with van der Waals surface area (Å²) >= 11 is 0. The van der Waals surface area contributed by atoms with Crippen LogP contribution in [0.2, 0.25) is 0 Å². The highest BCUT2D eigenvalue weighted by Crippen LogP contribution is 2.69. The Bertz CT molecular complexity index is 1280. The summed E-state index contributed by atoms with van der Waals surface area (Å²) in [5, 5.41) is 8.76. The monoisotopic (exact) mass is 536 g/mol. The highest BCUT2D eigenvalue weighted by Gasteiger charge is 2.58. The first kappa shape index (κ1) is 27.8. The van der Waals surface area contributed by atoms with Crippen LogP contribution in [-0.2, 0) is 25.3 Å². The Morgan fingerprint density at radius 1 is 0.917 bits per heavy atom. The number of hydrogen-bond acceptors (Lipinski definition) is 5. The van der Waals surface area contributed by atoms with E-state index >= 15 is 0 Å². The van der Waals surface area contributed by atoms with Crippen LogP contribution in [0.4, 0.5) is 5.69 Å². The van der Waals surface area contributed by atoms with Crippen molar-refractivity contribution >= 4 is 32.7 Å². The van der Waals surface area contributed by atoms with E-state index in [1.54, 1.807) is 23.1 Å². The lowest BCUT2D eigenvalue weighted by atomic mass is 10.0. The number of anilines is 1. The molecule has 0 radical (unpaired) electrons. The molecule has 3 rings (SSSR count). The Balaban J connectivity index is 1.60. The Hall–Kier alpha value is -2.80. The maximum absolute atomic E-state index is 13.1. The molecule has 6 N–H and O–H groups in total. The zero-order chi connectivity index (χ0) is 26.6. The zero-order valence-electron chi connectivity index (χ0n) is 19.1. The molecule has 11 nitrogen and oxygen atoms in total. The smallest absolute Gasteiger partial charge is 0.368 e. The van der Waals surface area contributed by atoms with Crippen LogP contribution in [0.5, 0.6) is 0 Å². The summed E-state index contributed by atoms with van der Waals surface area (Å²) in [5.41, 5.74) is 2.96. The summed E-state index contributed by atoms with van der Waals surface area (Å²) in [7, 11) is -11.1. The maximum atomic E-state index is 13.1. The molecule has 0 spiro atoms. The van der Waals surface area contributed by atoms with Crippen LogP contribution in [-0.4, -0.2) is 48.1 Å². The molecular formula is C23H26N2O9P2. The normalized spacial score (nSPS) is 13.4. The minimum absolute atomic E-state index is 0.134. The molecule has 36 heavy (non-hydrogen) atoms. The number of aliphatic hydroxyl groups is 1. The molecule has 0 bridgehead atoms. The van der Waals surface area contributed by atoms with Gasteiger partial charge in [-0.05, 0) is 30.2 Å². The predicted octanol–water partition coefficient (Wildman–Crippen LogP) is 1.61. The molecule has 2 aromatic rings. The molecule has 0 saturated carbocycles. The van der Waals surface area contributed by atoms with Crippen molar-refractivity contribution in [2.45, 2.75) is 37.3 Å². The third-order valence-corrected chi connectivity index (χ3v) is 9.56. The standard InChI is InChI=1S/C23H26N2O9P2/c26-21(24-15-5-14-23(28,35(29,30)31)36(32,33)34)12-13-22(27)25-16-19-8-2-1-6-17(19)10-11-18-7-3-4-9-20(18)25/h1-4,6-9,28H,5,12-16H2,(H,24,26)(H2,29,30,31)(H2,32,33,34). The molecular weight excluding hydrogens is 510 g/mol. The van der Waals surface area contributed by atoms with Crippen LogP contribution >= 0.6 is 15.2 Å². The molecule has 2 amide bonds. The lowest BCUT2D eigenvalue weighted by Gasteiger charge is -2.29. The molecule has 192 valence electrons. The van der Waals surface area contributed by atoms with Crippen molar-refractivity contribution in [3.63, 3.8) is 0 Å². The summed E-state index contributed by atoms with van der Waals surface area (Å²) in [6, 6.07) is 14.6. The van der Waals surface area contributed by atoms with Crippen molar-refractivity contribution in [1.82, 2.24) is 5.32 Å². The van der Waals surface area contributed by atoms with Gasteiger partial charge in [-0.2, -0.15) is 0 Å². The van der Waals surface area contributed by atoms with E-state index < -0.39 is 32.6 Å². The van der Waals surface area contributed by atoms with E-state index in [2.05, 4.69) is 17.2 Å². The van der Waals surface area contributed by atoms with E-state index in [1.807, 2.05) is 30.3 Å². The van der Waals surface area contributed by atoms with Crippen LogP contribution < -0.4 is 10.2 Å². The van der Waals surface area contributed by atoms with Gasteiger partial charge in [0.15, 0.2) is 0 Å². The molecule has 0 aliphatic carbocycles. The van der Waals surface area contributed by atoms with Gasteiger partial charge in [0.2, 0.25) is 11.8 Å². The predicted molar refractivity (Wildman–Crippen MR) is 131 cm³/mol. The van der Waals surface area contributed by atoms with Gasteiger partial charge in [-0.1, -0.05) is 42.2 Å². The SMILES string of the molecule is O=C(CCC(=O)N1Cc2ccccc2C#Cc2ccccc21)NCCCC(O)(P(=O)(O)O)P(=O)(O)O. The Kier molecular flexibility index (Phi) is 8.55. The van der Waals surface area contributed by atoms with Crippen molar-refractivity contribution in [3.05, 3.63) is 65.2 Å². The molecule has 0 saturated heterocycles. The van der Waals surface area contributed by atoms with E-state index in [1.165, 1.54) is 0 Å². The van der Waals surface area contributed by atoms with Crippen LogP contribution in [0.15, 0.2) is 48.5 Å². The van der Waals surface area contributed by atoms with E-state index in [0.29, 0.717) is 11.3 Å². The number of carbonyl (C=O) groups excluding carboxylic acids is 2. The quantitative estimate of drug-likeness (QED) is 0.157. The molecule has 13 heteroatoms. The van der Waals surface area contributed by atoms with Gasteiger partial charge in [0.05, 0.1) is 12.2 Å². The molecule has 2 aromatic carbocycles. The van der Waals surface area contributed by atoms with E-state index in [4.69, 9.17) is 19.6 Å². The lowest BCUT2D eigenvalue weighted by molar-refractivity contribution is -0.125. The second kappa shape index (κ2) is 11.1. The van der Waals surface area contributed by atoms with Crippen LogP contribution in [0.1, 0.15) is 42.4 Å². The Labute approximate surface area is 207 Å². The summed E-state index contributed by atoms with van der Waals surface area (Å²) in [4.78, 5) is 63.5. The first-order chi connectivity index (χ1) is 16.8. The van der Waals surface area contributed by atoms with Gasteiger partial charge in [0.1, 0.15) is 0 Å². The van der Waals surface area contributed by atoms with Gasteiger partial charge in [-0.15, -0.1) is 0 Å². The minimum Gasteiger partial charge on any atom is -0.368 e. The summed E-state index contributed by atoms with van der Waals surface area (Å²) in [6.45, 7) is 0.0521. The third-order valence-electron chi connectivity index (χ3n) is 5.68. The number of amides is 2. The number of rotatable bonds is 9. The lowest BCUT2D eigenvalue weighted by Crippen LogP contribution is -2.34. The Morgan fingerprint density at radius 3 is 2.17 bits per heavy atom. The average molecular weight is 536 g/mol. The van der Waals surface area contributed by atoms with Gasteiger partial charge in [-0.25, -0.2) is 0 Å². The Morgan fingerprint density at radius 2 is 1.50 bits per heavy atom. The fourth-order valence-corrected chi connectivity index (χ4v) is 5.92. The molecule has 0 aromatic heterocycles. The van der Waals surface area contributed by atoms with E-state index in [0.717, 1.165) is 11.1 Å². The highest BCUT2D eigenvalue weighted by molar-refractivity contribution is 7.72. The molecule has 1 heterocycles. The largest absolute Gasteiger partial charge is 0.369 e. The number of nitrogens with zero attached hydrogens (tertiary/aromatic N) is 1. The van der Waals surface area contributed by atoms with Gasteiger partial charge >= 0.3 is 15.2 Å². The van der Waals surface area contributed by atoms with Gasteiger partial charge < -0.3 is 34.9 Å². The first-order valence-electron chi connectivity index (χ1n) is 10.9. The van der Waals surface area contributed by atoms with E-state index in [9.17, 15) is 23.8 Å². The van der Waals surface area contributed by atoms with Crippen molar-refractivity contribution < 1.29 is 43.4 Å². The molecule has 0 unspecified atom stereocenters. The average Bonchev–Trinajstić information content (AvgIpc) is 2.80. The first-order valence-corrected chi connectivity index (χ1v) is 14.2. The molecule has 0 fully saturated rings. The maximum Gasteiger partial charge on any atom is 0.369 e. The van der Waals surface area contributed by atoms with E-state index in [-0.39, 0.29) is 38.3 Å². The summed E-state index contributed by atoms with van der Waals surface area (Å²) < 4.78 is 22.8. The third kappa shape index (κ3) is 6.30. The second-order valence-electron chi connectivity index (χ2n) is 8.22. The number of carbonyl (C=O) groups is 2. The molecule has 1 aliphatic rings. The second-order valence-corrected chi connectivity index (χ2v) is 12.2. The van der Waals surface area contributed by atoms with Crippen molar-refractivity contribution in [3.8, 4) is 11.8 Å². The van der Waals surface area contributed by atoms with Gasteiger partial charge in [-0.3, -0.25) is 18.7 Å². The fraction of sp³-hybridized carbons (Fsp3) is 0.304. The van der Waals surface area contributed by atoms with Crippen molar-refractivity contribution in [1.29, 1.82) is 0 Å². The van der Waals surface area contributed by atoms with Crippen LogP contribution in [0.3, 0.4) is 0 Å². The van der Waals surface area contributed by atoms with Gasteiger partial charge in [0.25, 0.3) is 5.08 Å². The zero-order valence-corrected chi connectivity index (χ0v) is 20.9. The van der Waals surface area contributed by atoms with Gasteiger partial charge in [0, 0.05) is 36.9 Å². The highest BCUT2D eigenvalue weighted by atomic mass is 31.2. The molecule has 0 atom stereocenters.